The first-order chi connectivity index (χ1) is 10.1. The van der Waals surface area contributed by atoms with E-state index in [0.717, 1.165) is 11.0 Å². The zero-order valence-electron chi connectivity index (χ0n) is 11.9. The van der Waals surface area contributed by atoms with Crippen LogP contribution in [-0.2, 0) is 6.61 Å². The van der Waals surface area contributed by atoms with Crippen molar-refractivity contribution in [3.63, 3.8) is 0 Å². The third-order valence-corrected chi connectivity index (χ3v) is 3.15. The Hall–Kier alpha value is -2.00. The highest BCUT2D eigenvalue weighted by Gasteiger charge is 2.13. The number of hydrogen-bond donors (Lipinski definition) is 1. The van der Waals surface area contributed by atoms with E-state index >= 15 is 0 Å². The van der Waals surface area contributed by atoms with Crippen molar-refractivity contribution < 1.29 is 9.15 Å². The topological polar surface area (TPSA) is 71.1 Å². The van der Waals surface area contributed by atoms with Gasteiger partial charge in [0.2, 0.25) is 17.5 Å². The van der Waals surface area contributed by atoms with Gasteiger partial charge in [-0.05, 0) is 30.2 Å². The Labute approximate surface area is 132 Å². The van der Waals surface area contributed by atoms with Crippen LogP contribution in [0.15, 0.2) is 33.2 Å². The monoisotopic (exact) mass is 349 g/mol. The molecule has 6 heteroatoms. The van der Waals surface area contributed by atoms with Gasteiger partial charge >= 0.3 is 0 Å². The third kappa shape index (κ3) is 4.50. The first-order valence-corrected chi connectivity index (χ1v) is 7.40. The lowest BCUT2D eigenvalue weighted by Gasteiger charge is -2.05. The molecule has 2 rings (SSSR count). The summed E-state index contributed by atoms with van der Waals surface area (Å²) in [4.78, 5) is 4.11. The standard InChI is InChI=1S/C15H16BrN3O2/c1-10(2)8-18-15-13(7-17)19-14(21-15)9-20-12-5-3-11(16)4-6-12/h3-6,10,18H,8-9H2,1-2H3. The summed E-state index contributed by atoms with van der Waals surface area (Å²) < 4.78 is 12.1. The van der Waals surface area contributed by atoms with E-state index in [1.807, 2.05) is 30.3 Å². The molecule has 110 valence electrons. The minimum Gasteiger partial charge on any atom is -0.484 e. The van der Waals surface area contributed by atoms with Crippen molar-refractivity contribution in [1.29, 1.82) is 5.26 Å². The highest BCUT2D eigenvalue weighted by molar-refractivity contribution is 9.10. The van der Waals surface area contributed by atoms with Gasteiger partial charge in [-0.2, -0.15) is 10.2 Å². The fourth-order valence-electron chi connectivity index (χ4n) is 1.59. The van der Waals surface area contributed by atoms with Crippen LogP contribution in [0, 0.1) is 17.2 Å². The van der Waals surface area contributed by atoms with Crippen molar-refractivity contribution in [1.82, 2.24) is 4.98 Å². The number of nitrogens with zero attached hydrogens (tertiary/aromatic N) is 2. The van der Waals surface area contributed by atoms with Crippen molar-refractivity contribution in [2.24, 2.45) is 5.92 Å². The van der Waals surface area contributed by atoms with Gasteiger partial charge in [-0.3, -0.25) is 0 Å². The van der Waals surface area contributed by atoms with Crippen LogP contribution < -0.4 is 10.1 Å². The molecule has 0 aliphatic carbocycles. The summed E-state index contributed by atoms with van der Waals surface area (Å²) in [5.41, 5.74) is 0.255. The van der Waals surface area contributed by atoms with E-state index < -0.39 is 0 Å². The molecule has 1 heterocycles. The smallest absolute Gasteiger partial charge is 0.236 e. The molecule has 5 nitrogen and oxygen atoms in total. The molecule has 0 spiro atoms. The number of oxazole rings is 1. The zero-order chi connectivity index (χ0) is 15.2. The molecule has 1 aromatic heterocycles. The third-order valence-electron chi connectivity index (χ3n) is 2.62. The average Bonchev–Trinajstić information content (AvgIpc) is 2.87. The first-order valence-electron chi connectivity index (χ1n) is 6.60. The Morgan fingerprint density at radius 2 is 2.10 bits per heavy atom. The summed E-state index contributed by atoms with van der Waals surface area (Å²) in [7, 11) is 0. The molecule has 0 aliphatic rings. The van der Waals surface area contributed by atoms with Gasteiger partial charge in [0, 0.05) is 11.0 Å². The molecule has 0 fully saturated rings. The summed E-state index contributed by atoms with van der Waals surface area (Å²) in [5.74, 6) is 1.94. The Balaban J connectivity index is 2.00. The Morgan fingerprint density at radius 1 is 1.38 bits per heavy atom. The molecule has 2 aromatic rings. The molecule has 0 atom stereocenters. The van der Waals surface area contributed by atoms with Crippen molar-refractivity contribution in [3.05, 3.63) is 40.3 Å². The van der Waals surface area contributed by atoms with Crippen molar-refractivity contribution >= 4 is 21.8 Å². The van der Waals surface area contributed by atoms with Crippen LogP contribution in [0.2, 0.25) is 0 Å². The largest absolute Gasteiger partial charge is 0.484 e. The van der Waals surface area contributed by atoms with Gasteiger partial charge in [0.15, 0.2) is 6.61 Å². The summed E-state index contributed by atoms with van der Waals surface area (Å²) in [5, 5.41) is 12.1. The second-order valence-corrected chi connectivity index (χ2v) is 5.83. The number of nitriles is 1. The summed E-state index contributed by atoms with van der Waals surface area (Å²) in [6.07, 6.45) is 0. The Kier molecular flexibility index (Phi) is 5.23. The van der Waals surface area contributed by atoms with Crippen LogP contribution in [0.25, 0.3) is 0 Å². The minimum absolute atomic E-state index is 0.180. The van der Waals surface area contributed by atoms with Crippen LogP contribution in [0.1, 0.15) is 25.4 Å². The predicted octanol–water partition coefficient (Wildman–Crippen LogP) is 3.96. The molecular weight excluding hydrogens is 334 g/mol. The van der Waals surface area contributed by atoms with Crippen LogP contribution in [0.5, 0.6) is 5.75 Å². The molecule has 0 radical (unpaired) electrons. The lowest BCUT2D eigenvalue weighted by atomic mass is 10.2. The lowest BCUT2D eigenvalue weighted by Crippen LogP contribution is -2.08. The van der Waals surface area contributed by atoms with Crippen molar-refractivity contribution in [3.8, 4) is 11.8 Å². The van der Waals surface area contributed by atoms with E-state index in [-0.39, 0.29) is 12.3 Å². The van der Waals surface area contributed by atoms with Gasteiger partial charge in [-0.25, -0.2) is 0 Å². The predicted molar refractivity (Wildman–Crippen MR) is 83.0 cm³/mol. The Morgan fingerprint density at radius 3 is 2.71 bits per heavy atom. The fraction of sp³-hybridized carbons (Fsp3) is 0.333. The number of nitrogens with one attached hydrogen (secondary N) is 1. The van der Waals surface area contributed by atoms with Crippen LogP contribution in [-0.4, -0.2) is 11.5 Å². The Bertz CT molecular complexity index is 629. The second kappa shape index (κ2) is 7.14. The van der Waals surface area contributed by atoms with E-state index in [9.17, 15) is 0 Å². The van der Waals surface area contributed by atoms with E-state index in [4.69, 9.17) is 14.4 Å². The number of aromatic nitrogens is 1. The van der Waals surface area contributed by atoms with Crippen LogP contribution in [0.4, 0.5) is 5.88 Å². The number of anilines is 1. The highest BCUT2D eigenvalue weighted by atomic mass is 79.9. The number of benzene rings is 1. The maximum atomic E-state index is 9.05. The SMILES string of the molecule is CC(C)CNc1oc(COc2ccc(Br)cc2)nc1C#N. The molecule has 0 unspecified atom stereocenters. The van der Waals surface area contributed by atoms with Crippen molar-refractivity contribution in [2.75, 3.05) is 11.9 Å². The van der Waals surface area contributed by atoms with E-state index in [2.05, 4.69) is 40.1 Å². The van der Waals surface area contributed by atoms with Gasteiger partial charge in [0.05, 0.1) is 0 Å². The maximum Gasteiger partial charge on any atom is 0.236 e. The average molecular weight is 350 g/mol. The molecule has 0 saturated heterocycles. The molecule has 0 aliphatic heterocycles. The number of halogens is 1. The highest BCUT2D eigenvalue weighted by Crippen LogP contribution is 2.20. The summed E-state index contributed by atoms with van der Waals surface area (Å²) in [6, 6.07) is 9.48. The number of ether oxygens (including phenoxy) is 1. The minimum atomic E-state index is 0.180. The quantitative estimate of drug-likeness (QED) is 0.854. The van der Waals surface area contributed by atoms with E-state index in [1.54, 1.807) is 0 Å². The summed E-state index contributed by atoms with van der Waals surface area (Å²) in [6.45, 7) is 5.05. The van der Waals surface area contributed by atoms with Crippen LogP contribution in [0.3, 0.4) is 0 Å². The van der Waals surface area contributed by atoms with Crippen molar-refractivity contribution in [2.45, 2.75) is 20.5 Å². The molecule has 0 saturated carbocycles. The van der Waals surface area contributed by atoms with E-state index in [1.165, 1.54) is 0 Å². The first kappa shape index (κ1) is 15.4. The summed E-state index contributed by atoms with van der Waals surface area (Å²) >= 11 is 3.36. The fourth-order valence-corrected chi connectivity index (χ4v) is 1.86. The van der Waals surface area contributed by atoms with Crippen LogP contribution >= 0.6 is 15.9 Å². The van der Waals surface area contributed by atoms with Gasteiger partial charge < -0.3 is 14.5 Å². The van der Waals surface area contributed by atoms with Gasteiger partial charge in [-0.15, -0.1) is 0 Å². The van der Waals surface area contributed by atoms with Gasteiger partial charge in [0.25, 0.3) is 0 Å². The van der Waals surface area contributed by atoms with Gasteiger partial charge in [-0.1, -0.05) is 29.8 Å². The molecule has 0 amide bonds. The maximum absolute atomic E-state index is 9.05. The normalized spacial score (nSPS) is 10.4. The molecular formula is C15H16BrN3O2. The van der Waals surface area contributed by atoms with E-state index in [0.29, 0.717) is 23.4 Å². The van der Waals surface area contributed by atoms with Gasteiger partial charge in [0.1, 0.15) is 11.8 Å². The number of rotatable bonds is 6. The lowest BCUT2D eigenvalue weighted by molar-refractivity contribution is 0.264. The zero-order valence-corrected chi connectivity index (χ0v) is 13.5. The molecule has 0 bridgehead atoms. The molecule has 1 N–H and O–H groups in total. The molecule has 1 aromatic carbocycles. The second-order valence-electron chi connectivity index (χ2n) is 4.91. The molecule has 21 heavy (non-hydrogen) atoms. The number of hydrogen-bond acceptors (Lipinski definition) is 5.